The van der Waals surface area contributed by atoms with Gasteiger partial charge in [0, 0.05) is 26.2 Å². The minimum atomic E-state index is -0.325. The van der Waals surface area contributed by atoms with Gasteiger partial charge in [-0.15, -0.1) is 0 Å². The van der Waals surface area contributed by atoms with Crippen LogP contribution in [0.1, 0.15) is 27.7 Å². The van der Waals surface area contributed by atoms with Gasteiger partial charge in [0.1, 0.15) is 17.1 Å². The minimum absolute atomic E-state index is 0.0234. The lowest BCUT2D eigenvalue weighted by Crippen LogP contribution is -2.40. The molecule has 0 saturated carbocycles. The van der Waals surface area contributed by atoms with Crippen LogP contribution < -0.4 is 0 Å². The normalized spacial score (nSPS) is 12.7. The average molecular weight is 397 g/mol. The number of aromatic hydroxyl groups is 2. The van der Waals surface area contributed by atoms with Gasteiger partial charge in [-0.2, -0.15) is 0 Å². The third-order valence-corrected chi connectivity index (χ3v) is 6.84. The van der Waals surface area contributed by atoms with Crippen molar-refractivity contribution in [2.75, 3.05) is 26.2 Å². The zero-order valence-electron chi connectivity index (χ0n) is 15.4. The first-order valence-corrected chi connectivity index (χ1v) is 10.3. The first kappa shape index (κ1) is 20.5. The third kappa shape index (κ3) is 3.81. The third-order valence-electron chi connectivity index (χ3n) is 4.19. The fourth-order valence-corrected chi connectivity index (χ4v) is 5.23. The Labute approximate surface area is 162 Å². The van der Waals surface area contributed by atoms with Crippen LogP contribution in [0.5, 0.6) is 11.5 Å². The van der Waals surface area contributed by atoms with Crippen LogP contribution in [0.3, 0.4) is 0 Å². The molecule has 26 heavy (non-hydrogen) atoms. The van der Waals surface area contributed by atoms with E-state index in [4.69, 9.17) is 0 Å². The zero-order chi connectivity index (χ0) is 19.4. The molecule has 2 rings (SSSR count). The quantitative estimate of drug-likeness (QED) is 0.333. The summed E-state index contributed by atoms with van der Waals surface area (Å²) in [5.74, 6) is -0.604. The highest BCUT2D eigenvalue weighted by Crippen LogP contribution is 2.58. The highest BCUT2D eigenvalue weighted by atomic mass is 32.2. The number of hydrogen-bond acceptors (Lipinski definition) is 6. The van der Waals surface area contributed by atoms with Crippen LogP contribution in [0, 0.1) is 0 Å². The molecule has 8 heteroatoms. The van der Waals surface area contributed by atoms with Crippen molar-refractivity contribution in [1.82, 2.24) is 9.80 Å². The number of thioether (sulfide) groups is 2. The topological polar surface area (TPSA) is 81.1 Å². The smallest absolute Gasteiger partial charge is 0.261 e. The van der Waals surface area contributed by atoms with E-state index in [0.717, 1.165) is 23.5 Å². The van der Waals surface area contributed by atoms with Crippen molar-refractivity contribution < 1.29 is 19.8 Å². The van der Waals surface area contributed by atoms with Crippen LogP contribution in [0.2, 0.25) is 0 Å². The number of carbonyl (C=O) groups is 2. The summed E-state index contributed by atoms with van der Waals surface area (Å²) in [6.07, 6.45) is 0. The van der Waals surface area contributed by atoms with Crippen molar-refractivity contribution >= 4 is 35.3 Å². The van der Waals surface area contributed by atoms with Crippen LogP contribution in [-0.4, -0.2) is 58.0 Å². The van der Waals surface area contributed by atoms with Gasteiger partial charge in [0.15, 0.2) is 0 Å². The lowest BCUT2D eigenvalue weighted by atomic mass is 10.2. The maximum absolute atomic E-state index is 13.1. The monoisotopic (exact) mass is 396 g/mol. The minimum Gasteiger partial charge on any atom is -0.507 e. The average Bonchev–Trinajstić information content (AvgIpc) is 3.07. The number of phenols is 2. The van der Waals surface area contributed by atoms with Gasteiger partial charge in [-0.05, 0) is 39.8 Å². The van der Waals surface area contributed by atoms with Crippen LogP contribution in [-0.2, 0) is 9.59 Å². The van der Waals surface area contributed by atoms with Crippen molar-refractivity contribution in [2.24, 2.45) is 0 Å². The summed E-state index contributed by atoms with van der Waals surface area (Å²) in [7, 11) is 0. The molecule has 0 spiro atoms. The maximum Gasteiger partial charge on any atom is 0.261 e. The van der Waals surface area contributed by atoms with Crippen molar-refractivity contribution in [3.8, 4) is 11.5 Å². The summed E-state index contributed by atoms with van der Waals surface area (Å²) in [5.41, 5.74) is 0.0994. The number of rotatable bonds is 6. The van der Waals surface area contributed by atoms with E-state index in [-0.39, 0.29) is 28.9 Å². The summed E-state index contributed by atoms with van der Waals surface area (Å²) in [5, 5.41) is 20.2. The molecule has 1 aliphatic rings. The van der Waals surface area contributed by atoms with Gasteiger partial charge < -0.3 is 20.0 Å². The molecule has 0 saturated heterocycles. The lowest BCUT2D eigenvalue weighted by Gasteiger charge is -2.25. The zero-order valence-corrected chi connectivity index (χ0v) is 17.0. The maximum atomic E-state index is 13.1. The van der Waals surface area contributed by atoms with E-state index >= 15 is 0 Å². The van der Waals surface area contributed by atoms with Crippen molar-refractivity contribution in [3.05, 3.63) is 21.9 Å². The van der Waals surface area contributed by atoms with Crippen molar-refractivity contribution in [3.63, 3.8) is 0 Å². The molecule has 142 valence electrons. The predicted octanol–water partition coefficient (Wildman–Crippen LogP) is 3.24. The van der Waals surface area contributed by atoms with E-state index in [0.29, 0.717) is 40.2 Å². The van der Waals surface area contributed by atoms with E-state index in [2.05, 4.69) is 0 Å². The molecule has 1 aromatic carbocycles. The predicted molar refractivity (Wildman–Crippen MR) is 104 cm³/mol. The molecule has 1 aromatic rings. The van der Waals surface area contributed by atoms with E-state index in [1.54, 1.807) is 9.80 Å². The molecule has 0 fully saturated rings. The van der Waals surface area contributed by atoms with Crippen LogP contribution in [0.15, 0.2) is 31.7 Å². The van der Waals surface area contributed by atoms with E-state index in [9.17, 15) is 19.8 Å². The Kier molecular flexibility index (Phi) is 6.88. The number of benzene rings is 1. The van der Waals surface area contributed by atoms with Gasteiger partial charge in [0.25, 0.3) is 11.8 Å². The summed E-state index contributed by atoms with van der Waals surface area (Å²) >= 11 is 2.31. The van der Waals surface area contributed by atoms with Crippen LogP contribution in [0.25, 0.3) is 0 Å². The van der Waals surface area contributed by atoms with Crippen LogP contribution in [0.4, 0.5) is 0 Å². The molecule has 2 N–H and O–H groups in total. The Bertz CT molecular complexity index is 682. The fourth-order valence-electron chi connectivity index (χ4n) is 2.65. The van der Waals surface area contributed by atoms with Crippen LogP contribution >= 0.6 is 23.5 Å². The van der Waals surface area contributed by atoms with E-state index in [1.807, 2.05) is 27.7 Å². The molecule has 0 radical (unpaired) electrons. The number of nitrogens with zero attached hydrogens (tertiary/aromatic N) is 2. The van der Waals surface area contributed by atoms with E-state index < -0.39 is 0 Å². The lowest BCUT2D eigenvalue weighted by molar-refractivity contribution is -0.133. The van der Waals surface area contributed by atoms with Gasteiger partial charge in [-0.3, -0.25) is 9.59 Å². The molecule has 0 aliphatic carbocycles. The molecule has 0 unspecified atom stereocenters. The Hall–Kier alpha value is -1.80. The highest BCUT2D eigenvalue weighted by molar-refractivity contribution is 8.25. The van der Waals surface area contributed by atoms with Gasteiger partial charge in [-0.1, -0.05) is 23.5 Å². The number of likely N-dealkylation sites (N-methyl/N-ethyl adjacent to an activating group) is 2. The molecule has 0 bridgehead atoms. The van der Waals surface area contributed by atoms with Gasteiger partial charge in [0.05, 0.1) is 14.0 Å². The summed E-state index contributed by atoms with van der Waals surface area (Å²) in [4.78, 5) is 30.3. The van der Waals surface area contributed by atoms with Gasteiger partial charge in [-0.25, -0.2) is 0 Å². The molecule has 6 nitrogen and oxygen atoms in total. The molecule has 2 amide bonds. The number of carbonyl (C=O) groups excluding carboxylic acids is 2. The summed E-state index contributed by atoms with van der Waals surface area (Å²) < 4.78 is 0.491. The molecule has 0 atom stereocenters. The number of fused-ring (bicyclic) bond motifs is 1. The van der Waals surface area contributed by atoms with Gasteiger partial charge in [0.2, 0.25) is 0 Å². The first-order chi connectivity index (χ1) is 12.4. The summed E-state index contributed by atoms with van der Waals surface area (Å²) in [6.45, 7) is 9.46. The Morgan fingerprint density at radius 3 is 1.46 bits per heavy atom. The Morgan fingerprint density at radius 1 is 0.808 bits per heavy atom. The second-order valence-corrected chi connectivity index (χ2v) is 7.88. The molecule has 1 heterocycles. The Morgan fingerprint density at radius 2 is 1.15 bits per heavy atom. The number of hydrogen-bond donors (Lipinski definition) is 2. The standard InChI is InChI=1S/C18H24N2O4S2/c1-5-19(6-2)16(23)13(17(24)20(7-3)8-4)18-25-14-11(21)9-10-12(22)15(14)26-18/h9-10,21-22H,5-8H2,1-4H3. The van der Waals surface area contributed by atoms with Crippen molar-refractivity contribution in [2.45, 2.75) is 37.5 Å². The fraction of sp³-hybridized carbons (Fsp3) is 0.444. The SMILES string of the molecule is CCN(CC)C(=O)C(C(=O)N(CC)CC)=C1Sc2c(O)ccc(O)c2S1. The molecular weight excluding hydrogens is 372 g/mol. The Balaban J connectivity index is 2.56. The number of amides is 2. The second kappa shape index (κ2) is 8.73. The van der Waals surface area contributed by atoms with E-state index in [1.165, 1.54) is 12.1 Å². The molecular formula is C18H24N2O4S2. The van der Waals surface area contributed by atoms with Crippen molar-refractivity contribution in [1.29, 1.82) is 0 Å². The number of phenolic OH excluding ortho intramolecular Hbond substituents is 2. The second-order valence-electron chi connectivity index (χ2n) is 5.58. The highest BCUT2D eigenvalue weighted by Gasteiger charge is 2.35. The largest absolute Gasteiger partial charge is 0.507 e. The molecule has 1 aliphatic heterocycles. The van der Waals surface area contributed by atoms with Gasteiger partial charge >= 0.3 is 0 Å². The molecule has 0 aromatic heterocycles. The summed E-state index contributed by atoms with van der Waals surface area (Å²) in [6, 6.07) is 2.81. The first-order valence-electron chi connectivity index (χ1n) is 8.62.